The maximum Gasteiger partial charge on any atom is 0.172 e. The average molecular weight is 213 g/mol. The topological polar surface area (TPSA) is 17.3 Å². The summed E-state index contributed by atoms with van der Waals surface area (Å²) in [6.45, 7) is 2.11. The molecule has 0 spiro atoms. The molecule has 4 heteroatoms. The Balaban J connectivity index is 2.58. The number of halogens is 1. The summed E-state index contributed by atoms with van der Waals surface area (Å²) in [6.07, 6.45) is 3.75. The van der Waals surface area contributed by atoms with Gasteiger partial charge in [0.2, 0.25) is 0 Å². The third kappa shape index (κ3) is 1.67. The minimum absolute atomic E-state index is 0.739. The van der Waals surface area contributed by atoms with Crippen molar-refractivity contribution in [2.45, 2.75) is 12.1 Å². The van der Waals surface area contributed by atoms with Gasteiger partial charge in [0.25, 0.3) is 0 Å². The Kier molecular flexibility index (Phi) is 2.47. The first-order valence-corrected chi connectivity index (χ1v) is 5.43. The quantitative estimate of drug-likeness (QED) is 0.712. The van der Waals surface area contributed by atoms with Gasteiger partial charge < -0.3 is 0 Å². The van der Waals surface area contributed by atoms with Gasteiger partial charge in [-0.3, -0.25) is 4.40 Å². The molecule has 0 aromatic carbocycles. The lowest BCUT2D eigenvalue weighted by atomic mass is 10.4. The molecular formula is C9H9ClN2S. The summed E-state index contributed by atoms with van der Waals surface area (Å²) in [6, 6.07) is 3.84. The number of thioether (sulfide) groups is 1. The number of hydrogen-bond acceptors (Lipinski definition) is 2. The van der Waals surface area contributed by atoms with Gasteiger partial charge in [-0.25, -0.2) is 4.98 Å². The van der Waals surface area contributed by atoms with Gasteiger partial charge in [0, 0.05) is 6.20 Å². The molecular weight excluding hydrogens is 204 g/mol. The Morgan fingerprint density at radius 3 is 3.15 bits per heavy atom. The van der Waals surface area contributed by atoms with Crippen LogP contribution in [0.2, 0.25) is 5.02 Å². The molecule has 2 nitrogen and oxygen atoms in total. The predicted molar refractivity (Wildman–Crippen MR) is 56.6 cm³/mol. The van der Waals surface area contributed by atoms with Crippen LogP contribution in [-0.4, -0.2) is 15.1 Å². The zero-order valence-electron chi connectivity index (χ0n) is 7.20. The highest BCUT2D eigenvalue weighted by Crippen LogP contribution is 2.20. The van der Waals surface area contributed by atoms with Crippen molar-refractivity contribution in [1.29, 1.82) is 0 Å². The molecule has 0 unspecified atom stereocenters. The number of imidazole rings is 1. The molecule has 0 aliphatic rings. The molecule has 2 aromatic rings. The molecule has 0 radical (unpaired) electrons. The second kappa shape index (κ2) is 3.60. The highest BCUT2D eigenvalue weighted by molar-refractivity contribution is 7.99. The van der Waals surface area contributed by atoms with E-state index in [2.05, 4.69) is 11.9 Å². The Morgan fingerprint density at radius 2 is 2.38 bits per heavy atom. The molecule has 0 aliphatic carbocycles. The fourth-order valence-corrected chi connectivity index (χ4v) is 2.02. The molecule has 2 aromatic heterocycles. The van der Waals surface area contributed by atoms with E-state index in [9.17, 15) is 0 Å². The highest BCUT2D eigenvalue weighted by atomic mass is 35.5. The minimum Gasteiger partial charge on any atom is -0.293 e. The third-order valence-electron chi connectivity index (χ3n) is 1.73. The molecule has 0 amide bonds. The third-order valence-corrected chi connectivity index (χ3v) is 2.80. The molecule has 0 bridgehead atoms. The Hall–Kier alpha value is -0.670. The van der Waals surface area contributed by atoms with Crippen LogP contribution in [0.3, 0.4) is 0 Å². The van der Waals surface area contributed by atoms with Crippen LogP contribution < -0.4 is 0 Å². The summed E-state index contributed by atoms with van der Waals surface area (Å²) >= 11 is 7.60. The fraction of sp³-hybridized carbons (Fsp3) is 0.222. The fourth-order valence-electron chi connectivity index (χ4n) is 1.18. The van der Waals surface area contributed by atoms with Gasteiger partial charge >= 0.3 is 0 Å². The first kappa shape index (κ1) is 8.91. The molecule has 0 saturated heterocycles. The van der Waals surface area contributed by atoms with Gasteiger partial charge in [-0.1, -0.05) is 30.3 Å². The van der Waals surface area contributed by atoms with Crippen molar-refractivity contribution < 1.29 is 0 Å². The van der Waals surface area contributed by atoms with Gasteiger partial charge in [0.15, 0.2) is 5.16 Å². The molecule has 68 valence electrons. The van der Waals surface area contributed by atoms with Gasteiger partial charge in [-0.2, -0.15) is 0 Å². The number of hydrogen-bond donors (Lipinski definition) is 0. The molecule has 0 atom stereocenters. The zero-order valence-corrected chi connectivity index (χ0v) is 8.77. The van der Waals surface area contributed by atoms with Crippen LogP contribution >= 0.6 is 23.4 Å². The molecule has 13 heavy (non-hydrogen) atoms. The molecule has 2 heterocycles. The number of pyridine rings is 1. The van der Waals surface area contributed by atoms with Crippen molar-refractivity contribution in [3.63, 3.8) is 0 Å². The van der Waals surface area contributed by atoms with Crippen LogP contribution in [0.4, 0.5) is 0 Å². The monoisotopic (exact) mass is 212 g/mol. The lowest BCUT2D eigenvalue weighted by Gasteiger charge is -1.98. The Bertz CT molecular complexity index is 424. The first-order chi connectivity index (χ1) is 6.31. The second-order valence-electron chi connectivity index (χ2n) is 2.62. The first-order valence-electron chi connectivity index (χ1n) is 4.06. The van der Waals surface area contributed by atoms with E-state index in [0.717, 1.165) is 21.4 Å². The minimum atomic E-state index is 0.739. The molecule has 2 rings (SSSR count). The smallest absolute Gasteiger partial charge is 0.172 e. The largest absolute Gasteiger partial charge is 0.293 e. The Labute approximate surface area is 85.9 Å². The van der Waals surface area contributed by atoms with E-state index in [0.29, 0.717) is 0 Å². The molecule has 0 N–H and O–H groups in total. The summed E-state index contributed by atoms with van der Waals surface area (Å²) in [4.78, 5) is 4.29. The van der Waals surface area contributed by atoms with E-state index in [-0.39, 0.29) is 0 Å². The maximum absolute atomic E-state index is 5.89. The molecule has 0 fully saturated rings. The summed E-state index contributed by atoms with van der Waals surface area (Å²) in [5.41, 5.74) is 1.08. The average Bonchev–Trinajstić information content (AvgIpc) is 2.49. The van der Waals surface area contributed by atoms with Gasteiger partial charge in [0.05, 0.1) is 16.7 Å². The summed E-state index contributed by atoms with van der Waals surface area (Å²) in [5, 5.41) is 1.74. The predicted octanol–water partition coefficient (Wildman–Crippen LogP) is 3.10. The van der Waals surface area contributed by atoms with Crippen molar-refractivity contribution in [3.05, 3.63) is 29.5 Å². The van der Waals surface area contributed by atoms with Crippen LogP contribution in [-0.2, 0) is 0 Å². The zero-order chi connectivity index (χ0) is 9.26. The van der Waals surface area contributed by atoms with Crippen molar-refractivity contribution >= 4 is 28.9 Å². The van der Waals surface area contributed by atoms with Gasteiger partial charge in [0.1, 0.15) is 0 Å². The summed E-state index contributed by atoms with van der Waals surface area (Å²) in [5.74, 6) is 1.02. The van der Waals surface area contributed by atoms with E-state index < -0.39 is 0 Å². The Morgan fingerprint density at radius 1 is 1.54 bits per heavy atom. The second-order valence-corrected chi connectivity index (χ2v) is 4.28. The van der Waals surface area contributed by atoms with E-state index in [1.165, 1.54) is 0 Å². The van der Waals surface area contributed by atoms with E-state index in [4.69, 9.17) is 11.6 Å². The SMILES string of the molecule is CCSc1ncc2ccc(Cl)cn12. The number of fused-ring (bicyclic) bond motifs is 1. The van der Waals surface area contributed by atoms with Crippen molar-refractivity contribution in [1.82, 2.24) is 9.38 Å². The van der Waals surface area contributed by atoms with Gasteiger partial charge in [-0.15, -0.1) is 0 Å². The molecule has 0 aliphatic heterocycles. The molecule has 0 saturated carbocycles. The van der Waals surface area contributed by atoms with Crippen LogP contribution in [0.25, 0.3) is 5.52 Å². The van der Waals surface area contributed by atoms with Crippen molar-refractivity contribution in [2.24, 2.45) is 0 Å². The van der Waals surface area contributed by atoms with Crippen LogP contribution in [0.15, 0.2) is 29.7 Å². The lowest BCUT2D eigenvalue weighted by Crippen LogP contribution is -1.86. The van der Waals surface area contributed by atoms with Gasteiger partial charge in [-0.05, 0) is 17.9 Å². The number of aromatic nitrogens is 2. The van der Waals surface area contributed by atoms with E-state index in [1.807, 2.05) is 28.9 Å². The summed E-state index contributed by atoms with van der Waals surface area (Å²) in [7, 11) is 0. The normalized spacial score (nSPS) is 10.9. The maximum atomic E-state index is 5.89. The lowest BCUT2D eigenvalue weighted by molar-refractivity contribution is 0.959. The van der Waals surface area contributed by atoms with Crippen molar-refractivity contribution in [3.8, 4) is 0 Å². The number of rotatable bonds is 2. The van der Waals surface area contributed by atoms with E-state index >= 15 is 0 Å². The van der Waals surface area contributed by atoms with Crippen LogP contribution in [0.1, 0.15) is 6.92 Å². The van der Waals surface area contributed by atoms with E-state index in [1.54, 1.807) is 11.8 Å². The standard InChI is InChI=1S/C9H9ClN2S/c1-2-13-9-11-5-8-4-3-7(10)6-12(8)9/h3-6H,2H2,1H3. The van der Waals surface area contributed by atoms with Crippen LogP contribution in [0, 0.1) is 0 Å². The number of nitrogens with zero attached hydrogens (tertiary/aromatic N) is 2. The summed E-state index contributed by atoms with van der Waals surface area (Å²) < 4.78 is 2.01. The van der Waals surface area contributed by atoms with Crippen molar-refractivity contribution in [2.75, 3.05) is 5.75 Å². The van der Waals surface area contributed by atoms with Crippen LogP contribution in [0.5, 0.6) is 0 Å². The highest BCUT2D eigenvalue weighted by Gasteiger charge is 2.02.